The van der Waals surface area contributed by atoms with E-state index in [2.05, 4.69) is 5.32 Å². The van der Waals surface area contributed by atoms with Gasteiger partial charge in [0.1, 0.15) is 0 Å². The van der Waals surface area contributed by atoms with Crippen LogP contribution in [0, 0.1) is 0 Å². The molecule has 0 aliphatic carbocycles. The average molecular weight is 155 g/mol. The largest absolute Gasteiger partial charge is 0.386 e. The quantitative estimate of drug-likeness (QED) is 0.630. The van der Waals surface area contributed by atoms with E-state index < -0.39 is 0 Å². The predicted octanol–water partition coefficient (Wildman–Crippen LogP) is 1.87. The Kier molecular flexibility index (Phi) is 3.86. The molecule has 0 radical (unpaired) electrons. The molecule has 0 saturated heterocycles. The zero-order valence-corrected chi connectivity index (χ0v) is 7.77. The van der Waals surface area contributed by atoms with Crippen molar-refractivity contribution in [3.8, 4) is 0 Å². The van der Waals surface area contributed by atoms with Crippen LogP contribution < -0.4 is 5.32 Å². The van der Waals surface area contributed by atoms with Gasteiger partial charge in [-0.1, -0.05) is 6.92 Å². The minimum atomic E-state index is 0.0462. The van der Waals surface area contributed by atoms with Crippen LogP contribution in [0.1, 0.15) is 34.1 Å². The first-order chi connectivity index (χ1) is 4.95. The first-order valence-corrected chi connectivity index (χ1v) is 3.93. The zero-order valence-electron chi connectivity index (χ0n) is 7.77. The van der Waals surface area contributed by atoms with Crippen LogP contribution in [-0.4, -0.2) is 11.3 Å². The highest BCUT2D eigenvalue weighted by Crippen LogP contribution is 1.97. The molecule has 0 spiro atoms. The third-order valence-corrected chi connectivity index (χ3v) is 1.13. The van der Waals surface area contributed by atoms with Crippen LogP contribution in [-0.2, 0) is 4.79 Å². The summed E-state index contributed by atoms with van der Waals surface area (Å²) in [6, 6.07) is 0. The summed E-state index contributed by atoms with van der Waals surface area (Å²) in [4.78, 5) is 10.8. The second kappa shape index (κ2) is 4.16. The number of nitrogens with one attached hydrogen (secondary N) is 1. The van der Waals surface area contributed by atoms with Gasteiger partial charge >= 0.3 is 0 Å². The SMILES string of the molecule is CCC(=O)/C=C/NC(C)(C)C. The first kappa shape index (κ1) is 10.2. The van der Waals surface area contributed by atoms with Crippen molar-refractivity contribution in [2.45, 2.75) is 39.7 Å². The molecule has 0 saturated carbocycles. The number of carbonyl (C=O) groups excluding carboxylic acids is 1. The maximum Gasteiger partial charge on any atom is 0.156 e. The third-order valence-electron chi connectivity index (χ3n) is 1.13. The van der Waals surface area contributed by atoms with Crippen LogP contribution in [0.15, 0.2) is 12.3 Å². The van der Waals surface area contributed by atoms with E-state index in [-0.39, 0.29) is 11.3 Å². The summed E-state index contributed by atoms with van der Waals surface area (Å²) >= 11 is 0. The fourth-order valence-corrected chi connectivity index (χ4v) is 0.502. The van der Waals surface area contributed by atoms with Gasteiger partial charge in [0, 0.05) is 18.2 Å². The lowest BCUT2D eigenvalue weighted by molar-refractivity contribution is -0.114. The molecule has 0 heterocycles. The van der Waals surface area contributed by atoms with Crippen molar-refractivity contribution >= 4 is 5.78 Å². The van der Waals surface area contributed by atoms with Gasteiger partial charge in [-0.3, -0.25) is 4.79 Å². The highest BCUT2D eigenvalue weighted by molar-refractivity contribution is 5.89. The normalized spacial score (nSPS) is 12.0. The van der Waals surface area contributed by atoms with Crippen LogP contribution in [0.2, 0.25) is 0 Å². The Morgan fingerprint density at radius 2 is 2.00 bits per heavy atom. The van der Waals surface area contributed by atoms with Crippen LogP contribution in [0.4, 0.5) is 0 Å². The summed E-state index contributed by atoms with van der Waals surface area (Å²) in [5.41, 5.74) is 0.0462. The standard InChI is InChI=1S/C9H17NO/c1-5-8(11)6-7-10-9(2,3)4/h6-7,10H,5H2,1-4H3/b7-6+. The molecule has 64 valence electrons. The van der Waals surface area contributed by atoms with E-state index in [1.165, 1.54) is 0 Å². The molecule has 0 unspecified atom stereocenters. The Labute approximate surface area is 68.7 Å². The van der Waals surface area contributed by atoms with Crippen molar-refractivity contribution in [2.75, 3.05) is 0 Å². The molecule has 0 aromatic heterocycles. The van der Waals surface area contributed by atoms with Crippen LogP contribution >= 0.6 is 0 Å². The molecule has 0 bridgehead atoms. The molecule has 2 nitrogen and oxygen atoms in total. The van der Waals surface area contributed by atoms with Crippen molar-refractivity contribution in [2.24, 2.45) is 0 Å². The lowest BCUT2D eigenvalue weighted by Gasteiger charge is -2.18. The molecular weight excluding hydrogens is 138 g/mol. The number of rotatable bonds is 3. The number of allylic oxidation sites excluding steroid dienone is 1. The fraction of sp³-hybridized carbons (Fsp3) is 0.667. The van der Waals surface area contributed by atoms with E-state index in [1.807, 2.05) is 27.7 Å². The van der Waals surface area contributed by atoms with Gasteiger partial charge < -0.3 is 5.32 Å². The molecule has 0 aliphatic heterocycles. The lowest BCUT2D eigenvalue weighted by atomic mass is 10.1. The summed E-state index contributed by atoms with van der Waals surface area (Å²) in [5.74, 6) is 0.154. The molecule has 2 heteroatoms. The number of ketones is 1. The van der Waals surface area contributed by atoms with Crippen molar-refractivity contribution in [3.63, 3.8) is 0 Å². The Balaban J connectivity index is 3.70. The molecule has 11 heavy (non-hydrogen) atoms. The van der Waals surface area contributed by atoms with E-state index in [1.54, 1.807) is 12.3 Å². The molecule has 0 rings (SSSR count). The van der Waals surface area contributed by atoms with E-state index in [0.29, 0.717) is 6.42 Å². The minimum absolute atomic E-state index is 0.0462. The van der Waals surface area contributed by atoms with Crippen molar-refractivity contribution in [1.82, 2.24) is 5.32 Å². The summed E-state index contributed by atoms with van der Waals surface area (Å²) in [7, 11) is 0. The second-order valence-corrected chi connectivity index (χ2v) is 3.55. The Morgan fingerprint density at radius 3 is 2.36 bits per heavy atom. The number of hydrogen-bond donors (Lipinski definition) is 1. The number of carbonyl (C=O) groups is 1. The monoisotopic (exact) mass is 155 g/mol. The molecule has 0 amide bonds. The summed E-state index contributed by atoms with van der Waals surface area (Å²) < 4.78 is 0. The van der Waals surface area contributed by atoms with Gasteiger partial charge in [-0.25, -0.2) is 0 Å². The summed E-state index contributed by atoms with van der Waals surface area (Å²) in [6.07, 6.45) is 3.86. The summed E-state index contributed by atoms with van der Waals surface area (Å²) in [6.45, 7) is 8.00. The van der Waals surface area contributed by atoms with Crippen molar-refractivity contribution in [3.05, 3.63) is 12.3 Å². The molecule has 0 fully saturated rings. The smallest absolute Gasteiger partial charge is 0.156 e. The zero-order chi connectivity index (χ0) is 8.91. The Bertz CT molecular complexity index is 153. The second-order valence-electron chi connectivity index (χ2n) is 3.55. The Hall–Kier alpha value is -0.790. The number of hydrogen-bond acceptors (Lipinski definition) is 2. The molecule has 0 aromatic carbocycles. The molecular formula is C9H17NO. The maximum atomic E-state index is 10.8. The average Bonchev–Trinajstić information content (AvgIpc) is 1.85. The van der Waals surface area contributed by atoms with E-state index >= 15 is 0 Å². The van der Waals surface area contributed by atoms with Gasteiger partial charge in [0.15, 0.2) is 5.78 Å². The van der Waals surface area contributed by atoms with Gasteiger partial charge in [0.2, 0.25) is 0 Å². The van der Waals surface area contributed by atoms with Crippen LogP contribution in [0.5, 0.6) is 0 Å². The van der Waals surface area contributed by atoms with Crippen molar-refractivity contribution in [1.29, 1.82) is 0 Å². The van der Waals surface area contributed by atoms with Gasteiger partial charge in [0.05, 0.1) is 0 Å². The van der Waals surface area contributed by atoms with Gasteiger partial charge in [-0.15, -0.1) is 0 Å². The van der Waals surface area contributed by atoms with Gasteiger partial charge in [-0.2, -0.15) is 0 Å². The molecule has 0 aliphatic rings. The molecule has 0 atom stereocenters. The van der Waals surface area contributed by atoms with Crippen LogP contribution in [0.25, 0.3) is 0 Å². The minimum Gasteiger partial charge on any atom is -0.386 e. The fourth-order valence-electron chi connectivity index (χ4n) is 0.502. The molecule has 0 aromatic rings. The predicted molar refractivity (Wildman–Crippen MR) is 47.3 cm³/mol. The first-order valence-electron chi connectivity index (χ1n) is 3.93. The Morgan fingerprint density at radius 1 is 1.45 bits per heavy atom. The highest BCUT2D eigenvalue weighted by Gasteiger charge is 2.04. The topological polar surface area (TPSA) is 29.1 Å². The van der Waals surface area contributed by atoms with E-state index in [4.69, 9.17) is 0 Å². The third kappa shape index (κ3) is 7.10. The maximum absolute atomic E-state index is 10.8. The lowest BCUT2D eigenvalue weighted by Crippen LogP contribution is -2.31. The highest BCUT2D eigenvalue weighted by atomic mass is 16.1. The van der Waals surface area contributed by atoms with E-state index in [9.17, 15) is 4.79 Å². The van der Waals surface area contributed by atoms with Crippen molar-refractivity contribution < 1.29 is 4.79 Å². The van der Waals surface area contributed by atoms with Crippen LogP contribution in [0.3, 0.4) is 0 Å². The summed E-state index contributed by atoms with van der Waals surface area (Å²) in [5, 5.41) is 3.09. The van der Waals surface area contributed by atoms with Gasteiger partial charge in [-0.05, 0) is 26.8 Å². The van der Waals surface area contributed by atoms with E-state index in [0.717, 1.165) is 0 Å². The molecule has 1 N–H and O–H groups in total. The van der Waals surface area contributed by atoms with Gasteiger partial charge in [0.25, 0.3) is 0 Å².